The standard InChI is InChI=1S/C28H25FN4O4/c29-22-8-3-5-19(13-22)10-12-31-27(34)26(21-7-4-11-30-15-21)33(28(35)24-17-36-18-32-24)23-14-20-6-1-2-9-25(20)37-16-23/h1-9,11,13,15,17-18,23,26H,10,12,14,16H2,(H,31,34). The molecule has 0 saturated heterocycles. The lowest BCUT2D eigenvalue weighted by molar-refractivity contribution is -0.127. The maximum absolute atomic E-state index is 13.8. The van der Waals surface area contributed by atoms with Crippen LogP contribution in [0.2, 0.25) is 0 Å². The van der Waals surface area contributed by atoms with Crippen LogP contribution in [0.15, 0.2) is 90.1 Å². The third kappa shape index (κ3) is 5.50. The minimum atomic E-state index is -1.01. The van der Waals surface area contributed by atoms with Crippen LogP contribution in [0, 0.1) is 5.82 Å². The summed E-state index contributed by atoms with van der Waals surface area (Å²) in [4.78, 5) is 37.2. The SMILES string of the molecule is O=C(NCCc1cccc(F)c1)C(c1cccnc1)N(C(=O)c1cocn1)C1COc2ccccc2C1. The van der Waals surface area contributed by atoms with Gasteiger partial charge in [0.25, 0.3) is 5.91 Å². The molecule has 2 unspecified atom stereocenters. The molecule has 8 nitrogen and oxygen atoms in total. The van der Waals surface area contributed by atoms with Gasteiger partial charge in [-0.05, 0) is 48.2 Å². The minimum Gasteiger partial charge on any atom is -0.491 e. The summed E-state index contributed by atoms with van der Waals surface area (Å²) in [7, 11) is 0. The van der Waals surface area contributed by atoms with Crippen LogP contribution in [0.25, 0.3) is 0 Å². The smallest absolute Gasteiger partial charge is 0.277 e. The largest absolute Gasteiger partial charge is 0.491 e. The Morgan fingerprint density at radius 3 is 2.81 bits per heavy atom. The van der Waals surface area contributed by atoms with Crippen molar-refractivity contribution in [3.8, 4) is 5.75 Å². The van der Waals surface area contributed by atoms with Gasteiger partial charge in [0.2, 0.25) is 5.91 Å². The Balaban J connectivity index is 1.46. The van der Waals surface area contributed by atoms with Gasteiger partial charge in [-0.3, -0.25) is 14.6 Å². The van der Waals surface area contributed by atoms with Gasteiger partial charge in [-0.1, -0.05) is 36.4 Å². The number of rotatable bonds is 8. The van der Waals surface area contributed by atoms with E-state index in [1.807, 2.05) is 24.3 Å². The van der Waals surface area contributed by atoms with Crippen LogP contribution in [0.5, 0.6) is 5.75 Å². The Hall–Kier alpha value is -4.53. The molecule has 1 aliphatic heterocycles. The third-order valence-corrected chi connectivity index (χ3v) is 6.27. The predicted octanol–water partition coefficient (Wildman–Crippen LogP) is 3.75. The van der Waals surface area contributed by atoms with E-state index in [0.717, 1.165) is 16.9 Å². The average Bonchev–Trinajstić information content (AvgIpc) is 3.47. The van der Waals surface area contributed by atoms with E-state index >= 15 is 0 Å². The van der Waals surface area contributed by atoms with Crippen molar-refractivity contribution in [2.24, 2.45) is 0 Å². The number of benzene rings is 2. The summed E-state index contributed by atoms with van der Waals surface area (Å²) in [6, 6.07) is 15.9. The molecule has 0 fully saturated rings. The highest BCUT2D eigenvalue weighted by molar-refractivity contribution is 5.96. The number of hydrogen-bond acceptors (Lipinski definition) is 6. The average molecular weight is 501 g/mol. The Labute approximate surface area is 213 Å². The quantitative estimate of drug-likeness (QED) is 0.396. The number of amides is 2. The number of fused-ring (bicyclic) bond motifs is 1. The summed E-state index contributed by atoms with van der Waals surface area (Å²) >= 11 is 0. The molecule has 2 amide bonds. The van der Waals surface area contributed by atoms with E-state index in [-0.39, 0.29) is 30.6 Å². The molecule has 3 heterocycles. The second kappa shape index (κ2) is 11.0. The second-order valence-electron chi connectivity index (χ2n) is 8.72. The van der Waals surface area contributed by atoms with Gasteiger partial charge in [-0.15, -0.1) is 0 Å². The van der Waals surface area contributed by atoms with Crippen molar-refractivity contribution in [1.82, 2.24) is 20.2 Å². The van der Waals surface area contributed by atoms with Gasteiger partial charge in [0, 0.05) is 24.5 Å². The third-order valence-electron chi connectivity index (χ3n) is 6.27. The summed E-state index contributed by atoms with van der Waals surface area (Å²) in [5, 5.41) is 2.92. The van der Waals surface area contributed by atoms with Gasteiger partial charge in [0.15, 0.2) is 12.1 Å². The first kappa shape index (κ1) is 24.2. The zero-order chi connectivity index (χ0) is 25.6. The molecule has 2 aromatic carbocycles. The number of oxazole rings is 1. The minimum absolute atomic E-state index is 0.0836. The number of halogens is 1. The van der Waals surface area contributed by atoms with Crippen molar-refractivity contribution in [3.63, 3.8) is 0 Å². The van der Waals surface area contributed by atoms with Gasteiger partial charge < -0.3 is 19.4 Å². The first-order chi connectivity index (χ1) is 18.1. The van der Waals surface area contributed by atoms with Gasteiger partial charge in [0.1, 0.15) is 30.5 Å². The second-order valence-corrected chi connectivity index (χ2v) is 8.72. The number of ether oxygens (including phenoxy) is 1. The molecule has 5 rings (SSSR count). The molecule has 0 bridgehead atoms. The highest BCUT2D eigenvalue weighted by Gasteiger charge is 2.39. The molecule has 4 aromatic rings. The fourth-order valence-electron chi connectivity index (χ4n) is 4.53. The topological polar surface area (TPSA) is 97.6 Å². The van der Waals surface area contributed by atoms with Crippen LogP contribution >= 0.6 is 0 Å². The molecular weight excluding hydrogens is 475 g/mol. The van der Waals surface area contributed by atoms with Crippen molar-refractivity contribution in [1.29, 1.82) is 0 Å². The van der Waals surface area contributed by atoms with E-state index in [4.69, 9.17) is 9.15 Å². The molecule has 2 aromatic heterocycles. The van der Waals surface area contributed by atoms with Crippen LogP contribution in [-0.4, -0.2) is 45.9 Å². The summed E-state index contributed by atoms with van der Waals surface area (Å²) in [5.74, 6) is -0.431. The van der Waals surface area contributed by atoms with Gasteiger partial charge >= 0.3 is 0 Å². The number of carbonyl (C=O) groups is 2. The van der Waals surface area contributed by atoms with E-state index in [1.165, 1.54) is 29.7 Å². The van der Waals surface area contributed by atoms with Crippen LogP contribution < -0.4 is 10.1 Å². The molecule has 0 aliphatic carbocycles. The normalized spacial score (nSPS) is 15.2. The van der Waals surface area contributed by atoms with Crippen molar-refractivity contribution in [2.75, 3.05) is 13.2 Å². The number of para-hydroxylation sites is 1. The predicted molar refractivity (Wildman–Crippen MR) is 132 cm³/mol. The molecule has 9 heteroatoms. The summed E-state index contributed by atoms with van der Waals surface area (Å²) < 4.78 is 24.6. The van der Waals surface area contributed by atoms with Gasteiger partial charge in [0.05, 0.1) is 6.04 Å². The number of hydrogen-bond donors (Lipinski definition) is 1. The number of carbonyl (C=O) groups excluding carboxylic acids is 2. The summed E-state index contributed by atoms with van der Waals surface area (Å²) in [6.45, 7) is 0.461. The number of aromatic nitrogens is 2. The van der Waals surface area contributed by atoms with Crippen LogP contribution in [0.4, 0.5) is 4.39 Å². The van der Waals surface area contributed by atoms with Crippen molar-refractivity contribution < 1.29 is 23.1 Å². The van der Waals surface area contributed by atoms with Gasteiger partial charge in [-0.2, -0.15) is 0 Å². The van der Waals surface area contributed by atoms with E-state index < -0.39 is 18.0 Å². The zero-order valence-corrected chi connectivity index (χ0v) is 19.9. The molecular formula is C28H25FN4O4. The first-order valence-corrected chi connectivity index (χ1v) is 11.9. The van der Waals surface area contributed by atoms with Gasteiger partial charge in [-0.25, -0.2) is 9.37 Å². The molecule has 2 atom stereocenters. The molecule has 188 valence electrons. The van der Waals surface area contributed by atoms with E-state index in [1.54, 1.807) is 36.7 Å². The fourth-order valence-corrected chi connectivity index (χ4v) is 4.53. The van der Waals surface area contributed by atoms with Crippen molar-refractivity contribution in [3.05, 3.63) is 114 Å². The van der Waals surface area contributed by atoms with Crippen LogP contribution in [0.3, 0.4) is 0 Å². The Bertz CT molecular complexity index is 1360. The Morgan fingerprint density at radius 1 is 1.14 bits per heavy atom. The first-order valence-electron chi connectivity index (χ1n) is 11.9. The number of pyridine rings is 1. The monoisotopic (exact) mass is 500 g/mol. The molecule has 0 spiro atoms. The lowest BCUT2D eigenvalue weighted by atomic mass is 9.97. The lowest BCUT2D eigenvalue weighted by Crippen LogP contribution is -2.52. The Kier molecular flexibility index (Phi) is 7.21. The number of nitrogens with one attached hydrogen (secondary N) is 1. The highest BCUT2D eigenvalue weighted by atomic mass is 19.1. The zero-order valence-electron chi connectivity index (χ0n) is 19.9. The highest BCUT2D eigenvalue weighted by Crippen LogP contribution is 2.32. The van der Waals surface area contributed by atoms with Crippen LogP contribution in [-0.2, 0) is 17.6 Å². The van der Waals surface area contributed by atoms with E-state index in [0.29, 0.717) is 18.4 Å². The molecule has 1 aliphatic rings. The van der Waals surface area contributed by atoms with E-state index in [9.17, 15) is 14.0 Å². The summed E-state index contributed by atoms with van der Waals surface area (Å²) in [5.41, 5.74) is 2.32. The fraction of sp³-hybridized carbons (Fsp3) is 0.214. The maximum atomic E-state index is 13.8. The van der Waals surface area contributed by atoms with E-state index in [2.05, 4.69) is 15.3 Å². The molecule has 0 radical (unpaired) electrons. The van der Waals surface area contributed by atoms with Crippen molar-refractivity contribution in [2.45, 2.75) is 24.9 Å². The maximum Gasteiger partial charge on any atom is 0.277 e. The summed E-state index contributed by atoms with van der Waals surface area (Å²) in [6.07, 6.45) is 6.53. The Morgan fingerprint density at radius 2 is 2.03 bits per heavy atom. The molecule has 37 heavy (non-hydrogen) atoms. The lowest BCUT2D eigenvalue weighted by Gasteiger charge is -2.39. The van der Waals surface area contributed by atoms with Crippen molar-refractivity contribution >= 4 is 11.8 Å². The molecule has 0 saturated carbocycles. The number of nitrogens with zero attached hydrogens (tertiary/aromatic N) is 3. The molecule has 1 N–H and O–H groups in total. The van der Waals surface area contributed by atoms with Crippen LogP contribution in [0.1, 0.15) is 33.2 Å².